The maximum absolute atomic E-state index is 10.7. The molecule has 1 aromatic carbocycles. The molecule has 0 spiro atoms. The third-order valence-corrected chi connectivity index (χ3v) is 4.68. The zero-order valence-corrected chi connectivity index (χ0v) is 15.5. The average Bonchev–Trinajstić information content (AvgIpc) is 3.18. The highest BCUT2D eigenvalue weighted by Crippen LogP contribution is 2.29. The van der Waals surface area contributed by atoms with Gasteiger partial charge in [-0.15, -0.1) is 0 Å². The lowest BCUT2D eigenvalue weighted by Crippen LogP contribution is -2.44. The van der Waals surface area contributed by atoms with Crippen LogP contribution in [0.1, 0.15) is 24.7 Å². The van der Waals surface area contributed by atoms with Gasteiger partial charge in [-0.1, -0.05) is 11.2 Å². The van der Waals surface area contributed by atoms with Gasteiger partial charge in [0.1, 0.15) is 0 Å². The average molecular weight is 409 g/mol. The Bertz CT molecular complexity index is 1000. The summed E-state index contributed by atoms with van der Waals surface area (Å²) in [6, 6.07) is 6.28. The van der Waals surface area contributed by atoms with Gasteiger partial charge in [-0.05, 0) is 12.1 Å². The summed E-state index contributed by atoms with van der Waals surface area (Å²) in [7, 11) is 0. The Morgan fingerprint density at radius 2 is 1.97 bits per heavy atom. The molecule has 11 heteroatoms. The fraction of sp³-hybridized carbons (Fsp3) is 0.444. The van der Waals surface area contributed by atoms with Gasteiger partial charge in [-0.3, -0.25) is 9.48 Å². The summed E-state index contributed by atoms with van der Waals surface area (Å²) in [5.74, 6) is 1.31. The van der Waals surface area contributed by atoms with E-state index in [1.165, 1.54) is 0 Å². The number of amides is 1. The number of carbonyl (C=O) groups excluding carboxylic acids is 1. The Kier molecular flexibility index (Phi) is 4.99. The molecule has 0 radical (unpaired) electrons. The number of alkyl halides is 3. The van der Waals surface area contributed by atoms with E-state index in [9.17, 15) is 18.0 Å². The zero-order valence-electron chi connectivity index (χ0n) is 15.5. The van der Waals surface area contributed by atoms with Crippen molar-refractivity contribution >= 4 is 17.3 Å². The van der Waals surface area contributed by atoms with Crippen molar-refractivity contribution in [2.24, 2.45) is 0 Å². The van der Waals surface area contributed by atoms with E-state index in [1.807, 2.05) is 29.1 Å². The van der Waals surface area contributed by atoms with E-state index < -0.39 is 6.18 Å². The monoisotopic (exact) mass is 409 g/mol. The Balaban J connectivity index is 0.000000369. The van der Waals surface area contributed by atoms with E-state index in [4.69, 9.17) is 9.26 Å². The predicted octanol–water partition coefficient (Wildman–Crippen LogP) is 2.78. The molecule has 29 heavy (non-hydrogen) atoms. The first-order valence-electron chi connectivity index (χ1n) is 8.97. The number of aromatic nitrogens is 4. The summed E-state index contributed by atoms with van der Waals surface area (Å²) in [5.41, 5.74) is 1.91. The normalized spacial score (nSPS) is 17.4. The number of likely N-dealkylation sites (tertiary alicyclic amines) is 1. The molecule has 2 aliphatic rings. The van der Waals surface area contributed by atoms with E-state index in [2.05, 4.69) is 15.2 Å². The fourth-order valence-corrected chi connectivity index (χ4v) is 3.11. The van der Waals surface area contributed by atoms with Crippen LogP contribution < -0.4 is 0 Å². The highest BCUT2D eigenvalue weighted by molar-refractivity contribution is 5.83. The Morgan fingerprint density at radius 1 is 1.24 bits per heavy atom. The van der Waals surface area contributed by atoms with Crippen molar-refractivity contribution in [1.82, 2.24) is 24.8 Å². The Hall–Kier alpha value is -2.95. The first-order chi connectivity index (χ1) is 13.8. The Morgan fingerprint density at radius 3 is 2.59 bits per heavy atom. The van der Waals surface area contributed by atoms with E-state index in [0.717, 1.165) is 22.9 Å². The maximum atomic E-state index is 10.7. The lowest BCUT2D eigenvalue weighted by atomic mass is 10.0. The molecule has 0 bridgehead atoms. The van der Waals surface area contributed by atoms with Crippen molar-refractivity contribution in [3.63, 3.8) is 0 Å². The number of hydrogen-bond acceptors (Lipinski definition) is 6. The van der Waals surface area contributed by atoms with Gasteiger partial charge in [0, 0.05) is 31.0 Å². The molecule has 1 amide bonds. The van der Waals surface area contributed by atoms with E-state index in [-0.39, 0.29) is 12.8 Å². The van der Waals surface area contributed by atoms with Crippen LogP contribution in [-0.4, -0.2) is 63.7 Å². The molecule has 2 fully saturated rings. The molecule has 154 valence electrons. The van der Waals surface area contributed by atoms with Crippen LogP contribution in [0.2, 0.25) is 0 Å². The number of carbonyl (C=O) groups is 1. The molecule has 0 aliphatic carbocycles. The fourth-order valence-electron chi connectivity index (χ4n) is 3.11. The van der Waals surface area contributed by atoms with Crippen molar-refractivity contribution in [2.75, 3.05) is 26.3 Å². The van der Waals surface area contributed by atoms with Crippen LogP contribution in [0.15, 0.2) is 28.9 Å². The number of rotatable bonds is 4. The third-order valence-electron chi connectivity index (χ3n) is 4.68. The smallest absolute Gasteiger partial charge is 0.377 e. The molecule has 2 aromatic heterocycles. The minimum atomic E-state index is -4.00. The number of hydrogen-bond donors (Lipinski definition) is 0. The van der Waals surface area contributed by atoms with Crippen LogP contribution in [0, 0.1) is 0 Å². The van der Waals surface area contributed by atoms with Crippen LogP contribution in [0.25, 0.3) is 22.4 Å². The van der Waals surface area contributed by atoms with Crippen molar-refractivity contribution in [2.45, 2.75) is 25.1 Å². The van der Waals surface area contributed by atoms with Gasteiger partial charge >= 0.3 is 6.18 Å². The number of halogens is 3. The lowest BCUT2D eigenvalue weighted by molar-refractivity contribution is -0.122. The number of benzene rings is 1. The van der Waals surface area contributed by atoms with Crippen molar-refractivity contribution in [3.05, 3.63) is 30.2 Å². The highest BCUT2D eigenvalue weighted by Gasteiger charge is 2.31. The standard InChI is InChI=1S/C16H15N5O3.C2H3F3/c22-9-20-5-12(6-20)15-18-16(24-19-15)10-1-2-11-4-17-21(14(11)3-10)13-7-23-8-13;1-2(3,4)5/h1-4,9,12-13H,5-8H2;1H3. The van der Waals surface area contributed by atoms with Gasteiger partial charge in [-0.25, -0.2) is 0 Å². The van der Waals surface area contributed by atoms with Gasteiger partial charge in [0.25, 0.3) is 5.89 Å². The van der Waals surface area contributed by atoms with Gasteiger partial charge in [0.2, 0.25) is 6.41 Å². The van der Waals surface area contributed by atoms with E-state index >= 15 is 0 Å². The van der Waals surface area contributed by atoms with Crippen LogP contribution >= 0.6 is 0 Å². The lowest BCUT2D eigenvalue weighted by Gasteiger charge is -2.33. The quantitative estimate of drug-likeness (QED) is 0.616. The first-order valence-corrected chi connectivity index (χ1v) is 8.97. The van der Waals surface area contributed by atoms with E-state index in [1.54, 1.807) is 4.90 Å². The molecule has 0 saturated carbocycles. The summed E-state index contributed by atoms with van der Waals surface area (Å²) >= 11 is 0. The zero-order chi connectivity index (χ0) is 20.6. The maximum Gasteiger partial charge on any atom is 0.386 e. The minimum absolute atomic E-state index is 0.161. The highest BCUT2D eigenvalue weighted by atomic mass is 19.4. The number of ether oxygens (including phenoxy) is 1. The third kappa shape index (κ3) is 4.24. The second kappa shape index (κ2) is 7.47. The first kappa shape index (κ1) is 19.4. The van der Waals surface area contributed by atoms with Gasteiger partial charge in [0.05, 0.1) is 36.9 Å². The molecule has 8 nitrogen and oxygen atoms in total. The molecule has 4 heterocycles. The minimum Gasteiger partial charge on any atom is -0.377 e. The number of nitrogens with zero attached hydrogens (tertiary/aromatic N) is 5. The largest absolute Gasteiger partial charge is 0.386 e. The molecule has 0 atom stereocenters. The summed E-state index contributed by atoms with van der Waals surface area (Å²) in [6.45, 7) is 2.88. The van der Waals surface area contributed by atoms with Gasteiger partial charge in [0.15, 0.2) is 5.82 Å². The summed E-state index contributed by atoms with van der Waals surface area (Å²) < 4.78 is 43.7. The summed E-state index contributed by atoms with van der Waals surface area (Å²) in [6.07, 6.45) is -1.30. The van der Waals surface area contributed by atoms with Gasteiger partial charge in [-0.2, -0.15) is 23.3 Å². The molecule has 0 N–H and O–H groups in total. The van der Waals surface area contributed by atoms with Crippen LogP contribution in [0.3, 0.4) is 0 Å². The number of fused-ring (bicyclic) bond motifs is 1. The molecule has 0 unspecified atom stereocenters. The second-order valence-corrected chi connectivity index (χ2v) is 7.05. The van der Waals surface area contributed by atoms with Gasteiger partial charge < -0.3 is 14.2 Å². The molecule has 2 saturated heterocycles. The summed E-state index contributed by atoms with van der Waals surface area (Å²) in [4.78, 5) is 16.8. The molecule has 5 rings (SSSR count). The molecular weight excluding hydrogens is 391 g/mol. The SMILES string of the molecule is CC(F)(F)F.O=CN1CC(c2noc(-c3ccc4cnn(C5COC5)c4c3)n2)C1. The Labute approximate surface area is 163 Å². The second-order valence-electron chi connectivity index (χ2n) is 7.05. The van der Waals surface area contributed by atoms with Crippen molar-refractivity contribution in [1.29, 1.82) is 0 Å². The molecule has 3 aromatic rings. The van der Waals surface area contributed by atoms with Crippen molar-refractivity contribution < 1.29 is 27.2 Å². The summed E-state index contributed by atoms with van der Waals surface area (Å²) in [5, 5.41) is 9.60. The van der Waals surface area contributed by atoms with Crippen LogP contribution in [-0.2, 0) is 9.53 Å². The van der Waals surface area contributed by atoms with Crippen molar-refractivity contribution in [3.8, 4) is 11.5 Å². The van der Waals surface area contributed by atoms with Crippen LogP contribution in [0.4, 0.5) is 13.2 Å². The predicted molar refractivity (Wildman–Crippen MR) is 95.0 cm³/mol. The van der Waals surface area contributed by atoms with E-state index in [0.29, 0.717) is 44.1 Å². The van der Waals surface area contributed by atoms with Crippen LogP contribution in [0.5, 0.6) is 0 Å². The topological polar surface area (TPSA) is 86.3 Å². The molecule has 2 aliphatic heterocycles. The molecular formula is C18H18F3N5O3.